The van der Waals surface area contributed by atoms with E-state index in [0.717, 1.165) is 18.4 Å². The van der Waals surface area contributed by atoms with Gasteiger partial charge in [0.05, 0.1) is 6.54 Å². The van der Waals surface area contributed by atoms with Crippen LogP contribution in [0.4, 0.5) is 0 Å². The maximum absolute atomic E-state index is 11.5. The Kier molecular flexibility index (Phi) is 12.5. The van der Waals surface area contributed by atoms with Gasteiger partial charge in [-0.1, -0.05) is 40.0 Å². The van der Waals surface area contributed by atoms with Crippen molar-refractivity contribution >= 4 is 35.8 Å². The average Bonchev–Trinajstić information content (AvgIpc) is 2.51. The van der Waals surface area contributed by atoms with Gasteiger partial charge in [0.1, 0.15) is 0 Å². The van der Waals surface area contributed by atoms with Crippen molar-refractivity contribution < 1.29 is 4.79 Å². The summed E-state index contributed by atoms with van der Waals surface area (Å²) in [5.74, 6) is 1.84. The first kappa shape index (κ1) is 22.5. The fourth-order valence-electron chi connectivity index (χ4n) is 2.86. The summed E-state index contributed by atoms with van der Waals surface area (Å²) < 4.78 is 0. The predicted molar refractivity (Wildman–Crippen MR) is 108 cm³/mol. The van der Waals surface area contributed by atoms with E-state index in [9.17, 15) is 4.79 Å². The number of nitrogens with one attached hydrogen (secondary N) is 3. The molecule has 0 bridgehead atoms. The monoisotopic (exact) mass is 438 g/mol. The van der Waals surface area contributed by atoms with Gasteiger partial charge in [0.2, 0.25) is 5.91 Å². The van der Waals surface area contributed by atoms with Crippen molar-refractivity contribution in [3.05, 3.63) is 0 Å². The summed E-state index contributed by atoms with van der Waals surface area (Å²) in [6.45, 7) is 10.2. The zero-order chi connectivity index (χ0) is 16.4. The summed E-state index contributed by atoms with van der Waals surface area (Å²) in [5.41, 5.74) is 0. The molecule has 0 aromatic rings. The zero-order valence-corrected chi connectivity index (χ0v) is 17.5. The van der Waals surface area contributed by atoms with Crippen LogP contribution < -0.4 is 16.0 Å². The van der Waals surface area contributed by atoms with E-state index >= 15 is 0 Å². The molecule has 2 atom stereocenters. The lowest BCUT2D eigenvalue weighted by Crippen LogP contribution is -2.45. The molecule has 1 saturated carbocycles. The number of carbonyl (C=O) groups is 1. The van der Waals surface area contributed by atoms with E-state index in [1.807, 2.05) is 13.8 Å². The van der Waals surface area contributed by atoms with Crippen molar-refractivity contribution in [1.29, 1.82) is 0 Å². The number of rotatable bonds is 7. The molecule has 0 aromatic heterocycles. The van der Waals surface area contributed by atoms with Crippen LogP contribution >= 0.6 is 24.0 Å². The molecule has 0 radical (unpaired) electrons. The highest BCUT2D eigenvalue weighted by atomic mass is 127. The number of carbonyl (C=O) groups excluding carboxylic acids is 1. The highest BCUT2D eigenvalue weighted by Crippen LogP contribution is 2.26. The van der Waals surface area contributed by atoms with Gasteiger partial charge >= 0.3 is 0 Å². The first-order valence-electron chi connectivity index (χ1n) is 8.89. The Morgan fingerprint density at radius 2 is 1.96 bits per heavy atom. The zero-order valence-electron chi connectivity index (χ0n) is 15.2. The molecule has 0 aromatic carbocycles. The van der Waals surface area contributed by atoms with Crippen molar-refractivity contribution in [3.63, 3.8) is 0 Å². The van der Waals surface area contributed by atoms with Gasteiger partial charge in [0, 0.05) is 25.0 Å². The van der Waals surface area contributed by atoms with Crippen molar-refractivity contribution in [1.82, 2.24) is 16.0 Å². The van der Waals surface area contributed by atoms with Crippen molar-refractivity contribution in [2.24, 2.45) is 16.8 Å². The van der Waals surface area contributed by atoms with Crippen LogP contribution in [0.5, 0.6) is 0 Å². The molecule has 5 nitrogen and oxygen atoms in total. The van der Waals surface area contributed by atoms with Crippen molar-refractivity contribution in [3.8, 4) is 0 Å². The second-order valence-corrected chi connectivity index (χ2v) is 6.49. The smallest absolute Gasteiger partial charge is 0.222 e. The molecule has 0 aliphatic heterocycles. The van der Waals surface area contributed by atoms with Gasteiger partial charge < -0.3 is 16.0 Å². The van der Waals surface area contributed by atoms with Crippen LogP contribution in [-0.4, -0.2) is 37.5 Å². The van der Waals surface area contributed by atoms with E-state index in [4.69, 9.17) is 0 Å². The van der Waals surface area contributed by atoms with Gasteiger partial charge in [-0.3, -0.25) is 9.79 Å². The number of guanidine groups is 1. The Hall–Kier alpha value is -0.530. The number of hydrogen-bond acceptors (Lipinski definition) is 2. The Bertz CT molecular complexity index is 361. The highest BCUT2D eigenvalue weighted by Gasteiger charge is 2.21. The summed E-state index contributed by atoms with van der Waals surface area (Å²) in [6, 6.07) is 0.529. The lowest BCUT2D eigenvalue weighted by Gasteiger charge is -2.30. The van der Waals surface area contributed by atoms with Crippen LogP contribution in [0.2, 0.25) is 0 Å². The second kappa shape index (κ2) is 12.8. The van der Waals surface area contributed by atoms with Gasteiger partial charge in [-0.2, -0.15) is 0 Å². The van der Waals surface area contributed by atoms with E-state index in [1.54, 1.807) is 0 Å². The SMILES string of the molecule is CCNC(=NCCNC(=O)C(C)C)NC1CCCC(CC)C1.I. The first-order valence-corrected chi connectivity index (χ1v) is 8.89. The van der Waals surface area contributed by atoms with E-state index in [0.29, 0.717) is 19.1 Å². The molecule has 0 spiro atoms. The number of amides is 1. The molecule has 2 unspecified atom stereocenters. The Labute approximate surface area is 158 Å². The Morgan fingerprint density at radius 1 is 1.22 bits per heavy atom. The van der Waals surface area contributed by atoms with Gasteiger partial charge in [-0.25, -0.2) is 0 Å². The van der Waals surface area contributed by atoms with E-state index < -0.39 is 0 Å². The summed E-state index contributed by atoms with van der Waals surface area (Å²) in [5, 5.41) is 9.76. The molecule has 6 heteroatoms. The third-order valence-corrected chi connectivity index (χ3v) is 4.25. The standard InChI is InChI=1S/C17H34N4O.HI/c1-5-14-8-7-9-15(12-14)21-17(18-6-2)20-11-10-19-16(22)13(3)4;/h13-15H,5-12H2,1-4H3,(H,19,22)(H2,18,20,21);1H. The third-order valence-electron chi connectivity index (χ3n) is 4.25. The number of nitrogens with zero attached hydrogens (tertiary/aromatic N) is 1. The van der Waals surface area contributed by atoms with E-state index in [1.165, 1.54) is 32.1 Å². The van der Waals surface area contributed by atoms with E-state index in [2.05, 4.69) is 34.8 Å². The summed E-state index contributed by atoms with van der Waals surface area (Å²) >= 11 is 0. The normalized spacial score (nSPS) is 21.5. The molecule has 136 valence electrons. The van der Waals surface area contributed by atoms with Crippen molar-refractivity contribution in [2.75, 3.05) is 19.6 Å². The minimum absolute atomic E-state index is 0. The van der Waals surface area contributed by atoms with Crippen LogP contribution in [0.3, 0.4) is 0 Å². The summed E-state index contributed by atoms with van der Waals surface area (Å²) in [7, 11) is 0. The number of hydrogen-bond donors (Lipinski definition) is 3. The minimum atomic E-state index is 0. The molecule has 1 fully saturated rings. The van der Waals surface area contributed by atoms with E-state index in [-0.39, 0.29) is 35.8 Å². The lowest BCUT2D eigenvalue weighted by molar-refractivity contribution is -0.123. The number of aliphatic imine (C=N–C) groups is 1. The molecule has 1 rings (SSSR count). The fraction of sp³-hybridized carbons (Fsp3) is 0.882. The average molecular weight is 438 g/mol. The molecular weight excluding hydrogens is 403 g/mol. The molecule has 1 aliphatic carbocycles. The lowest BCUT2D eigenvalue weighted by atomic mass is 9.84. The van der Waals surface area contributed by atoms with Gasteiger partial charge in [0.25, 0.3) is 0 Å². The second-order valence-electron chi connectivity index (χ2n) is 6.49. The van der Waals surface area contributed by atoms with Crippen LogP contribution in [0.15, 0.2) is 4.99 Å². The summed E-state index contributed by atoms with van der Waals surface area (Å²) in [4.78, 5) is 16.1. The maximum atomic E-state index is 11.5. The maximum Gasteiger partial charge on any atom is 0.222 e. The molecule has 0 heterocycles. The molecule has 1 aliphatic rings. The highest BCUT2D eigenvalue weighted by molar-refractivity contribution is 14.0. The van der Waals surface area contributed by atoms with Gasteiger partial charge in [0.15, 0.2) is 5.96 Å². The van der Waals surface area contributed by atoms with Gasteiger partial charge in [-0.15, -0.1) is 24.0 Å². The fourth-order valence-corrected chi connectivity index (χ4v) is 2.86. The Balaban J connectivity index is 0.00000484. The van der Waals surface area contributed by atoms with Gasteiger partial charge in [-0.05, 0) is 25.7 Å². The minimum Gasteiger partial charge on any atom is -0.357 e. The number of halogens is 1. The molecule has 23 heavy (non-hydrogen) atoms. The van der Waals surface area contributed by atoms with Crippen LogP contribution in [0.1, 0.15) is 59.8 Å². The van der Waals surface area contributed by atoms with Crippen LogP contribution in [-0.2, 0) is 4.79 Å². The van der Waals surface area contributed by atoms with Crippen LogP contribution in [0, 0.1) is 11.8 Å². The largest absolute Gasteiger partial charge is 0.357 e. The molecule has 1 amide bonds. The summed E-state index contributed by atoms with van der Waals surface area (Å²) in [6.07, 6.45) is 6.41. The third kappa shape index (κ3) is 9.37. The predicted octanol–water partition coefficient (Wildman–Crippen LogP) is 2.90. The van der Waals surface area contributed by atoms with Crippen molar-refractivity contribution in [2.45, 2.75) is 65.8 Å². The first-order chi connectivity index (χ1) is 10.6. The van der Waals surface area contributed by atoms with Crippen LogP contribution in [0.25, 0.3) is 0 Å². The topological polar surface area (TPSA) is 65.5 Å². The molecule has 3 N–H and O–H groups in total. The Morgan fingerprint density at radius 3 is 2.57 bits per heavy atom. The molecule has 0 saturated heterocycles. The quantitative estimate of drug-likeness (QED) is 0.248. The molecular formula is C17H35IN4O.